The molecule has 0 spiro atoms. The molecule has 0 bridgehead atoms. The first-order valence-corrected chi connectivity index (χ1v) is 6.13. The molecule has 0 aliphatic carbocycles. The minimum absolute atomic E-state index is 0.0357. The topological polar surface area (TPSA) is 29.5 Å². The van der Waals surface area contributed by atoms with Gasteiger partial charge in [0, 0.05) is 6.42 Å². The molecular weight excluding hydrogens is 202 g/mol. The summed E-state index contributed by atoms with van der Waals surface area (Å²) >= 11 is 0. The van der Waals surface area contributed by atoms with Crippen LogP contribution in [0.5, 0.6) is 0 Å². The highest BCUT2D eigenvalue weighted by molar-refractivity contribution is 5.75. The molecule has 0 N–H and O–H groups in total. The maximum absolute atomic E-state index is 11.7. The van der Waals surface area contributed by atoms with Gasteiger partial charge in [0.05, 0.1) is 6.61 Å². The lowest BCUT2D eigenvalue weighted by Gasteiger charge is -2.33. The van der Waals surface area contributed by atoms with Gasteiger partial charge >= 0.3 is 5.97 Å². The zero-order valence-electron chi connectivity index (χ0n) is 10.1. The molecule has 16 heavy (non-hydrogen) atoms. The van der Waals surface area contributed by atoms with Crippen LogP contribution in [-0.4, -0.2) is 36.6 Å². The smallest absolute Gasteiger partial charge is 0.323 e. The first-order chi connectivity index (χ1) is 7.79. The molecule has 1 atom stereocenters. The van der Waals surface area contributed by atoms with Gasteiger partial charge in [0.2, 0.25) is 0 Å². The predicted molar refractivity (Wildman–Crippen MR) is 63.9 cm³/mol. The number of unbranched alkanes of at least 4 members (excludes halogenated alkanes) is 1. The highest BCUT2D eigenvalue weighted by atomic mass is 16.5. The summed E-state index contributed by atoms with van der Waals surface area (Å²) in [6.07, 6.45) is 10.2. The zero-order valence-corrected chi connectivity index (χ0v) is 10.1. The average Bonchev–Trinajstić information content (AvgIpc) is 2.30. The van der Waals surface area contributed by atoms with E-state index in [-0.39, 0.29) is 12.0 Å². The van der Waals surface area contributed by atoms with E-state index in [1.807, 2.05) is 6.92 Å². The summed E-state index contributed by atoms with van der Waals surface area (Å²) in [5.74, 6) is 2.57. The second-order valence-electron chi connectivity index (χ2n) is 4.11. The van der Waals surface area contributed by atoms with Crippen LogP contribution in [0.4, 0.5) is 0 Å². The maximum atomic E-state index is 11.7. The van der Waals surface area contributed by atoms with Crippen LogP contribution >= 0.6 is 0 Å². The summed E-state index contributed by atoms with van der Waals surface area (Å²) in [7, 11) is 0. The molecule has 0 aromatic carbocycles. The largest absolute Gasteiger partial charge is 0.465 e. The molecule has 1 heterocycles. The van der Waals surface area contributed by atoms with Crippen molar-refractivity contribution < 1.29 is 9.53 Å². The van der Waals surface area contributed by atoms with Crippen molar-refractivity contribution in [3.8, 4) is 12.3 Å². The molecule has 3 nitrogen and oxygen atoms in total. The molecule has 1 fully saturated rings. The van der Waals surface area contributed by atoms with Crippen LogP contribution in [0.3, 0.4) is 0 Å². The highest BCUT2D eigenvalue weighted by Crippen LogP contribution is 2.18. The molecule has 1 unspecified atom stereocenters. The van der Waals surface area contributed by atoms with Crippen LogP contribution in [0.2, 0.25) is 0 Å². The summed E-state index contributed by atoms with van der Waals surface area (Å²) in [5, 5.41) is 0. The lowest BCUT2D eigenvalue weighted by molar-refractivity contribution is -0.150. The van der Waals surface area contributed by atoms with E-state index in [4.69, 9.17) is 11.2 Å². The summed E-state index contributed by atoms with van der Waals surface area (Å²) < 4.78 is 5.10. The van der Waals surface area contributed by atoms with Crippen LogP contribution in [-0.2, 0) is 9.53 Å². The third-order valence-electron chi connectivity index (χ3n) is 2.94. The molecule has 1 aliphatic heterocycles. The Bertz CT molecular complexity index is 257. The fourth-order valence-electron chi connectivity index (χ4n) is 2.15. The number of likely N-dealkylation sites (tertiary alicyclic amines) is 1. The molecule has 0 aromatic heterocycles. The Labute approximate surface area is 98.1 Å². The first kappa shape index (κ1) is 13.1. The summed E-state index contributed by atoms with van der Waals surface area (Å²) in [6, 6.07) is -0.0357. The van der Waals surface area contributed by atoms with Crippen LogP contribution in [0, 0.1) is 12.3 Å². The van der Waals surface area contributed by atoms with Crippen LogP contribution in [0.1, 0.15) is 39.0 Å². The fraction of sp³-hybridized carbons (Fsp3) is 0.769. The van der Waals surface area contributed by atoms with Gasteiger partial charge in [0.25, 0.3) is 0 Å². The van der Waals surface area contributed by atoms with E-state index >= 15 is 0 Å². The summed E-state index contributed by atoms with van der Waals surface area (Å²) in [6.45, 7) is 4.22. The predicted octanol–water partition coefficient (Wildman–Crippen LogP) is 1.82. The average molecular weight is 223 g/mol. The SMILES string of the molecule is C#CCCCN1CCCCC1C(=O)OCC. The second-order valence-corrected chi connectivity index (χ2v) is 4.11. The number of esters is 1. The van der Waals surface area contributed by atoms with Gasteiger partial charge in [-0.15, -0.1) is 12.3 Å². The highest BCUT2D eigenvalue weighted by Gasteiger charge is 2.28. The van der Waals surface area contributed by atoms with Gasteiger partial charge in [-0.05, 0) is 39.3 Å². The molecule has 1 aliphatic rings. The van der Waals surface area contributed by atoms with Gasteiger partial charge < -0.3 is 4.74 Å². The number of carbonyl (C=O) groups is 1. The van der Waals surface area contributed by atoms with Crippen LogP contribution in [0.15, 0.2) is 0 Å². The Morgan fingerprint density at radius 3 is 3.06 bits per heavy atom. The van der Waals surface area contributed by atoms with E-state index in [9.17, 15) is 4.79 Å². The number of rotatable bonds is 5. The molecule has 3 heteroatoms. The molecule has 0 aromatic rings. The fourth-order valence-corrected chi connectivity index (χ4v) is 2.15. The molecular formula is C13H21NO2. The van der Waals surface area contributed by atoms with Crippen molar-refractivity contribution in [2.24, 2.45) is 0 Å². The number of hydrogen-bond acceptors (Lipinski definition) is 3. The maximum Gasteiger partial charge on any atom is 0.323 e. The Morgan fingerprint density at radius 1 is 1.56 bits per heavy atom. The van der Waals surface area contributed by atoms with Crippen molar-refractivity contribution in [1.82, 2.24) is 4.90 Å². The Kier molecular flexibility index (Phi) is 5.95. The number of piperidine rings is 1. The summed E-state index contributed by atoms with van der Waals surface area (Å²) in [4.78, 5) is 14.0. The third kappa shape index (κ3) is 3.86. The number of nitrogens with zero attached hydrogens (tertiary/aromatic N) is 1. The Morgan fingerprint density at radius 2 is 2.38 bits per heavy atom. The third-order valence-corrected chi connectivity index (χ3v) is 2.94. The van der Waals surface area contributed by atoms with E-state index < -0.39 is 0 Å². The van der Waals surface area contributed by atoms with Crippen molar-refractivity contribution in [3.05, 3.63) is 0 Å². The van der Waals surface area contributed by atoms with Crippen molar-refractivity contribution >= 4 is 5.97 Å². The van der Waals surface area contributed by atoms with Crippen LogP contribution in [0.25, 0.3) is 0 Å². The Hall–Kier alpha value is -1.01. The number of hydrogen-bond donors (Lipinski definition) is 0. The zero-order chi connectivity index (χ0) is 11.8. The van der Waals surface area contributed by atoms with Crippen molar-refractivity contribution in [2.45, 2.75) is 45.1 Å². The van der Waals surface area contributed by atoms with E-state index in [1.165, 1.54) is 6.42 Å². The normalized spacial score (nSPS) is 21.4. The monoisotopic (exact) mass is 223 g/mol. The lowest BCUT2D eigenvalue weighted by Crippen LogP contribution is -2.45. The molecule has 90 valence electrons. The lowest BCUT2D eigenvalue weighted by atomic mass is 10.0. The van der Waals surface area contributed by atoms with Crippen LogP contribution < -0.4 is 0 Å². The number of terminal acetylenes is 1. The van der Waals surface area contributed by atoms with Crippen molar-refractivity contribution in [3.63, 3.8) is 0 Å². The molecule has 1 rings (SSSR count). The molecule has 0 radical (unpaired) electrons. The van der Waals surface area contributed by atoms with E-state index in [0.29, 0.717) is 6.61 Å². The molecule has 1 saturated heterocycles. The van der Waals surface area contributed by atoms with Gasteiger partial charge in [-0.3, -0.25) is 9.69 Å². The molecule has 0 saturated carbocycles. The van der Waals surface area contributed by atoms with Crippen molar-refractivity contribution in [2.75, 3.05) is 19.7 Å². The quantitative estimate of drug-likeness (QED) is 0.404. The minimum atomic E-state index is -0.0668. The van der Waals surface area contributed by atoms with Crippen molar-refractivity contribution in [1.29, 1.82) is 0 Å². The van der Waals surface area contributed by atoms with Gasteiger partial charge in [-0.2, -0.15) is 0 Å². The van der Waals surface area contributed by atoms with E-state index in [2.05, 4.69) is 10.8 Å². The second kappa shape index (κ2) is 7.29. The Balaban J connectivity index is 2.43. The first-order valence-electron chi connectivity index (χ1n) is 6.13. The van der Waals surface area contributed by atoms with E-state index in [0.717, 1.165) is 38.8 Å². The van der Waals surface area contributed by atoms with Gasteiger partial charge in [0.1, 0.15) is 6.04 Å². The van der Waals surface area contributed by atoms with Gasteiger partial charge in [-0.25, -0.2) is 0 Å². The molecule has 0 amide bonds. The number of carbonyl (C=O) groups excluding carboxylic acids is 1. The standard InChI is InChI=1S/C13H21NO2/c1-3-5-7-10-14-11-8-6-9-12(14)13(15)16-4-2/h1,12H,4-11H2,2H3. The van der Waals surface area contributed by atoms with E-state index in [1.54, 1.807) is 0 Å². The summed E-state index contributed by atoms with van der Waals surface area (Å²) in [5.41, 5.74) is 0. The minimum Gasteiger partial charge on any atom is -0.465 e. The van der Waals surface area contributed by atoms with Gasteiger partial charge in [-0.1, -0.05) is 6.42 Å². The number of ether oxygens (including phenoxy) is 1. The van der Waals surface area contributed by atoms with Gasteiger partial charge in [0.15, 0.2) is 0 Å².